The van der Waals surface area contributed by atoms with E-state index in [0.717, 1.165) is 31.0 Å². The highest BCUT2D eigenvalue weighted by Crippen LogP contribution is 2.52. The summed E-state index contributed by atoms with van der Waals surface area (Å²) in [5.74, 6) is 3.74. The second-order valence-corrected chi connectivity index (χ2v) is 29.5. The van der Waals surface area contributed by atoms with E-state index in [0.29, 0.717) is 17.8 Å². The van der Waals surface area contributed by atoms with Crippen molar-refractivity contribution in [2.45, 2.75) is 146 Å². The van der Waals surface area contributed by atoms with Gasteiger partial charge >= 0.3 is 8.56 Å². The van der Waals surface area contributed by atoms with Crippen LogP contribution in [0.4, 0.5) is 5.95 Å². The number of imidazole rings is 1. The molecule has 9 nitrogen and oxygen atoms in total. The Bertz CT molecular complexity index is 1400. The van der Waals surface area contributed by atoms with Crippen molar-refractivity contribution in [3.63, 3.8) is 0 Å². The first-order chi connectivity index (χ1) is 21.4. The summed E-state index contributed by atoms with van der Waals surface area (Å²) < 4.78 is 15.8. The number of hydrogen-bond acceptors (Lipinski definition) is 8. The Balaban J connectivity index is 2.10. The molecular weight excluding hydrogens is 670 g/mol. The molecule has 2 aromatic rings. The van der Waals surface area contributed by atoms with Gasteiger partial charge < -0.3 is 17.9 Å². The number of carbonyl (C=O) groups is 1. The fourth-order valence-corrected chi connectivity index (χ4v) is 20.7. The van der Waals surface area contributed by atoms with Crippen molar-refractivity contribution < 1.29 is 18.1 Å². The summed E-state index contributed by atoms with van der Waals surface area (Å²) >= 11 is 8.27. The Hall–Kier alpha value is -1.25. The summed E-state index contributed by atoms with van der Waals surface area (Å²) in [6.45, 7) is 25.7. The van der Waals surface area contributed by atoms with Crippen molar-refractivity contribution in [1.82, 2.24) is 19.5 Å². The molecule has 1 aliphatic rings. The second-order valence-electron chi connectivity index (χ2n) is 14.0. The number of amides is 1. The quantitative estimate of drug-likeness (QED) is 0.113. The number of fused-ring (bicyclic) bond motifs is 1. The van der Waals surface area contributed by atoms with Crippen LogP contribution in [0.15, 0.2) is 6.33 Å². The van der Waals surface area contributed by atoms with Gasteiger partial charge in [0.1, 0.15) is 22.2 Å². The lowest BCUT2D eigenvalue weighted by Crippen LogP contribution is -2.60. The third-order valence-corrected chi connectivity index (χ3v) is 26.1. The minimum atomic E-state index is -3.11. The zero-order chi connectivity index (χ0) is 34.7. The van der Waals surface area contributed by atoms with Crippen molar-refractivity contribution in [2.75, 3.05) is 11.9 Å². The fourth-order valence-electron chi connectivity index (χ4n) is 6.39. The number of thioether (sulfide) groups is 1. The van der Waals surface area contributed by atoms with Gasteiger partial charge in [0.15, 0.2) is 10.8 Å². The average molecular weight is 727 g/mol. The summed E-state index contributed by atoms with van der Waals surface area (Å²) in [7, 11) is -7.82. The number of nitrogens with zero attached hydrogens (tertiary/aromatic N) is 4. The van der Waals surface area contributed by atoms with Gasteiger partial charge in [-0.1, -0.05) is 93.7 Å². The molecule has 1 aliphatic heterocycles. The van der Waals surface area contributed by atoms with E-state index >= 15 is 0 Å². The molecule has 2 N–H and O–H groups in total. The van der Waals surface area contributed by atoms with Crippen LogP contribution in [0.5, 0.6) is 0 Å². The standard InChI is InChI=1S/C32H56ClN5O4SSi3/c1-13-44(14-2,15-3)19-18-32(20-41-46(24(8)9,25(10)11)42-45(40,22(4)5)23(6)7)17-16-27(43-32)38-21-34-28-29(33)36-31(35-26(12)39)37-30(28)38/h21-25,27,40H,13-17,20H2,1-12H3,(H,35,36,37,39)/q-1/t27?,32-/m1/s1. The van der Waals surface area contributed by atoms with E-state index in [2.05, 4.69) is 108 Å². The predicted octanol–water partition coefficient (Wildman–Crippen LogP) is 8.80. The molecule has 3 rings (SSSR count). The molecule has 0 aromatic carbocycles. The predicted molar refractivity (Wildman–Crippen MR) is 199 cm³/mol. The smallest absolute Gasteiger partial charge is 0.301 e. The highest BCUT2D eigenvalue weighted by Gasteiger charge is 2.48. The van der Waals surface area contributed by atoms with Crippen LogP contribution in [0.1, 0.15) is 101 Å². The largest absolute Gasteiger partial charge is 0.569 e. The van der Waals surface area contributed by atoms with Gasteiger partial charge in [0.25, 0.3) is 0 Å². The van der Waals surface area contributed by atoms with Crippen LogP contribution in [0.25, 0.3) is 11.2 Å². The highest BCUT2D eigenvalue weighted by molar-refractivity contribution is 8.01. The van der Waals surface area contributed by atoms with Crippen molar-refractivity contribution in [2.24, 2.45) is 0 Å². The molecule has 1 fully saturated rings. The number of aromatic nitrogens is 4. The van der Waals surface area contributed by atoms with E-state index in [-0.39, 0.29) is 44.5 Å². The molecule has 0 saturated carbocycles. The van der Waals surface area contributed by atoms with E-state index in [4.69, 9.17) is 20.1 Å². The Kier molecular flexibility index (Phi) is 13.2. The molecule has 2 aromatic heterocycles. The zero-order valence-electron chi connectivity index (χ0n) is 30.0. The lowest BCUT2D eigenvalue weighted by molar-refractivity contribution is -0.114. The number of rotatable bonds is 14. The summed E-state index contributed by atoms with van der Waals surface area (Å²) in [5, 5.41) is 2.83. The SMILES string of the molecule is CC[Si](C#C[C@@]1(CO[Si-](O[Si](O)(C(C)C)C(C)C)(C(C)C)C(C)C)CCC(n2cnc3c(Cl)nc(NC(C)=O)nc32)S1)(CC)CC. The molecule has 1 saturated heterocycles. The van der Waals surface area contributed by atoms with Crippen LogP contribution in [0.2, 0.25) is 45.5 Å². The Labute approximate surface area is 289 Å². The molecule has 259 valence electrons. The molecule has 14 heteroatoms. The first-order valence-electron chi connectivity index (χ1n) is 16.9. The number of nitrogens with one attached hydrogen (secondary N) is 1. The monoisotopic (exact) mass is 725 g/mol. The summed E-state index contributed by atoms with van der Waals surface area (Å²) in [4.78, 5) is 37.1. The van der Waals surface area contributed by atoms with E-state index in [1.807, 2.05) is 4.57 Å². The number of anilines is 1. The van der Waals surface area contributed by atoms with Gasteiger partial charge in [-0.2, -0.15) is 9.97 Å². The molecule has 0 aliphatic carbocycles. The van der Waals surface area contributed by atoms with E-state index < -0.39 is 29.9 Å². The number of halogens is 1. The highest BCUT2D eigenvalue weighted by atomic mass is 35.5. The molecule has 3 heterocycles. The molecule has 1 unspecified atom stereocenters. The van der Waals surface area contributed by atoms with E-state index in [1.54, 1.807) is 18.1 Å². The van der Waals surface area contributed by atoms with Crippen LogP contribution in [-0.2, 0) is 13.3 Å². The van der Waals surface area contributed by atoms with E-state index in [9.17, 15) is 9.59 Å². The van der Waals surface area contributed by atoms with Gasteiger partial charge in [-0.3, -0.25) is 10.1 Å². The Morgan fingerprint density at radius 2 is 1.72 bits per heavy atom. The van der Waals surface area contributed by atoms with Gasteiger partial charge in [-0.25, -0.2) is 4.98 Å². The minimum Gasteiger partial charge on any atom is -0.569 e. The van der Waals surface area contributed by atoms with Crippen molar-refractivity contribution in [1.29, 1.82) is 0 Å². The number of hydrogen-bond donors (Lipinski definition) is 2. The zero-order valence-corrected chi connectivity index (χ0v) is 34.5. The van der Waals surface area contributed by atoms with Gasteiger partial charge in [0.2, 0.25) is 11.9 Å². The maximum Gasteiger partial charge on any atom is 0.301 e. The minimum absolute atomic E-state index is 0.0206. The van der Waals surface area contributed by atoms with Crippen LogP contribution < -0.4 is 5.32 Å². The van der Waals surface area contributed by atoms with Crippen LogP contribution in [0, 0.1) is 11.5 Å². The van der Waals surface area contributed by atoms with Crippen molar-refractivity contribution in [3.8, 4) is 11.5 Å². The molecular formula is C32H56ClN5O4SSi3-. The van der Waals surface area contributed by atoms with Crippen LogP contribution in [0.3, 0.4) is 0 Å². The normalized spacial score (nSPS) is 19.5. The Morgan fingerprint density at radius 3 is 2.22 bits per heavy atom. The summed E-state index contributed by atoms with van der Waals surface area (Å²) in [5.41, 5.74) is 5.31. The molecule has 46 heavy (non-hydrogen) atoms. The molecule has 0 spiro atoms. The Morgan fingerprint density at radius 1 is 1.13 bits per heavy atom. The van der Waals surface area contributed by atoms with Gasteiger partial charge in [-0.05, 0) is 42.1 Å². The molecule has 1 amide bonds. The molecule has 0 radical (unpaired) electrons. The lowest BCUT2D eigenvalue weighted by atomic mass is 10.1. The summed E-state index contributed by atoms with van der Waals surface area (Å²) in [6, 6.07) is 3.35. The first-order valence-corrected chi connectivity index (χ1v) is 24.8. The number of carbonyl (C=O) groups excluding carboxylic acids is 1. The topological polar surface area (TPSA) is 111 Å². The maximum absolute atomic E-state index is 12.0. The summed E-state index contributed by atoms with van der Waals surface area (Å²) in [6.07, 6.45) is 3.42. The fraction of sp³-hybridized carbons (Fsp3) is 0.750. The van der Waals surface area contributed by atoms with Crippen LogP contribution in [-0.4, -0.2) is 66.8 Å². The van der Waals surface area contributed by atoms with E-state index in [1.165, 1.54) is 6.92 Å². The van der Waals surface area contributed by atoms with Gasteiger partial charge in [0, 0.05) is 13.5 Å². The molecule has 2 atom stereocenters. The average Bonchev–Trinajstić information content (AvgIpc) is 3.60. The van der Waals surface area contributed by atoms with Gasteiger partial charge in [0.05, 0.1) is 16.4 Å². The maximum atomic E-state index is 12.0. The third kappa shape index (κ3) is 8.13. The second kappa shape index (κ2) is 15.5. The third-order valence-electron chi connectivity index (χ3n) is 9.84. The van der Waals surface area contributed by atoms with Crippen molar-refractivity contribution in [3.05, 3.63) is 11.5 Å². The molecule has 0 bridgehead atoms. The lowest BCUT2D eigenvalue weighted by Gasteiger charge is -2.57. The van der Waals surface area contributed by atoms with Gasteiger partial charge in [-0.15, -0.1) is 28.4 Å². The van der Waals surface area contributed by atoms with Crippen molar-refractivity contribution >= 4 is 71.6 Å². The first kappa shape index (κ1) is 39.2. The van der Waals surface area contributed by atoms with Crippen LogP contribution >= 0.6 is 23.4 Å².